The van der Waals surface area contributed by atoms with Crippen LogP contribution in [-0.4, -0.2) is 4.98 Å². The molecular weight excluding hydrogens is 354 g/mol. The average molecular weight is 377 g/mol. The number of nitrogens with zero attached hydrogens (tertiary/aromatic N) is 1. The molecule has 29 heavy (non-hydrogen) atoms. The molecule has 3 aromatic carbocycles. The number of aromatic nitrogens is 1. The van der Waals surface area contributed by atoms with Gasteiger partial charge >= 0.3 is 0 Å². The molecule has 2 heterocycles. The molecular formula is C27H23NO. The van der Waals surface area contributed by atoms with Gasteiger partial charge in [0.25, 0.3) is 0 Å². The van der Waals surface area contributed by atoms with E-state index in [1.54, 1.807) is 0 Å². The standard InChI is InChI=1S/C27H23NO/c1-15(2)16-11-12-17-14-28-26-18-7-5-9-21-23(18)24-20(8-6-10-22(24)29-21)27(3,4)25(26)19(17)13-16/h5-15H,1-4H3. The third kappa shape index (κ3) is 2.09. The molecule has 1 aliphatic rings. The largest absolute Gasteiger partial charge is 0.456 e. The molecule has 0 bridgehead atoms. The molecule has 1 aliphatic carbocycles. The molecule has 0 unspecified atom stereocenters. The van der Waals surface area contributed by atoms with Crippen molar-refractivity contribution in [3.63, 3.8) is 0 Å². The van der Waals surface area contributed by atoms with E-state index in [-0.39, 0.29) is 5.41 Å². The topological polar surface area (TPSA) is 26.0 Å². The van der Waals surface area contributed by atoms with Crippen molar-refractivity contribution in [3.8, 4) is 11.3 Å². The molecule has 2 nitrogen and oxygen atoms in total. The summed E-state index contributed by atoms with van der Waals surface area (Å²) in [6.45, 7) is 9.17. The minimum atomic E-state index is -0.202. The first-order valence-electron chi connectivity index (χ1n) is 10.3. The van der Waals surface area contributed by atoms with Crippen molar-refractivity contribution in [3.05, 3.63) is 77.5 Å². The Labute approximate surface area is 170 Å². The first-order chi connectivity index (χ1) is 14.0. The van der Waals surface area contributed by atoms with Gasteiger partial charge in [0.1, 0.15) is 11.2 Å². The monoisotopic (exact) mass is 377 g/mol. The fraction of sp³-hybridized carbons (Fsp3) is 0.222. The zero-order valence-electron chi connectivity index (χ0n) is 17.2. The molecule has 0 saturated heterocycles. The van der Waals surface area contributed by atoms with Crippen molar-refractivity contribution in [2.75, 3.05) is 0 Å². The molecule has 2 aromatic heterocycles. The molecule has 142 valence electrons. The molecule has 0 fully saturated rings. The number of hydrogen-bond acceptors (Lipinski definition) is 2. The van der Waals surface area contributed by atoms with Crippen LogP contribution in [0.15, 0.2) is 65.2 Å². The molecule has 0 atom stereocenters. The number of rotatable bonds is 1. The van der Waals surface area contributed by atoms with Crippen LogP contribution in [0, 0.1) is 0 Å². The third-order valence-corrected chi connectivity index (χ3v) is 6.66. The minimum absolute atomic E-state index is 0.202. The molecule has 0 spiro atoms. The highest BCUT2D eigenvalue weighted by Gasteiger charge is 2.35. The summed E-state index contributed by atoms with van der Waals surface area (Å²) in [4.78, 5) is 5.01. The van der Waals surface area contributed by atoms with E-state index in [1.807, 2.05) is 6.20 Å². The SMILES string of the molecule is CC(C)c1ccc2cnc3c(c2c1)C(C)(C)c1cccc2oc4cccc-3c4c12. The predicted molar refractivity (Wildman–Crippen MR) is 121 cm³/mol. The first kappa shape index (κ1) is 16.8. The van der Waals surface area contributed by atoms with E-state index in [2.05, 4.69) is 82.3 Å². The summed E-state index contributed by atoms with van der Waals surface area (Å²) in [7, 11) is 0. The smallest absolute Gasteiger partial charge is 0.136 e. The van der Waals surface area contributed by atoms with E-state index in [1.165, 1.54) is 43.8 Å². The van der Waals surface area contributed by atoms with Crippen LogP contribution in [0.3, 0.4) is 0 Å². The zero-order valence-corrected chi connectivity index (χ0v) is 17.2. The number of benzene rings is 3. The van der Waals surface area contributed by atoms with Crippen molar-refractivity contribution in [1.82, 2.24) is 4.98 Å². The number of hydrogen-bond donors (Lipinski definition) is 0. The summed E-state index contributed by atoms with van der Waals surface area (Å²) < 4.78 is 6.23. The number of fused-ring (bicyclic) bond motifs is 4. The maximum atomic E-state index is 6.23. The van der Waals surface area contributed by atoms with Crippen LogP contribution in [0.1, 0.15) is 50.3 Å². The Bertz CT molecular complexity index is 1450. The van der Waals surface area contributed by atoms with E-state index in [0.717, 1.165) is 16.9 Å². The average Bonchev–Trinajstić information content (AvgIpc) is 3.07. The fourth-order valence-electron chi connectivity index (χ4n) is 5.14. The van der Waals surface area contributed by atoms with Gasteiger partial charge < -0.3 is 4.42 Å². The highest BCUT2D eigenvalue weighted by molar-refractivity contribution is 6.16. The van der Waals surface area contributed by atoms with Crippen molar-refractivity contribution >= 4 is 32.7 Å². The number of furan rings is 1. The Kier molecular flexibility index (Phi) is 3.17. The second kappa shape index (κ2) is 5.48. The fourth-order valence-corrected chi connectivity index (χ4v) is 5.14. The van der Waals surface area contributed by atoms with Gasteiger partial charge in [0.2, 0.25) is 0 Å². The van der Waals surface area contributed by atoms with Crippen LogP contribution in [0.4, 0.5) is 0 Å². The molecule has 2 heteroatoms. The van der Waals surface area contributed by atoms with E-state index in [9.17, 15) is 0 Å². The lowest BCUT2D eigenvalue weighted by molar-refractivity contribution is 0.646. The van der Waals surface area contributed by atoms with Crippen LogP contribution < -0.4 is 0 Å². The summed E-state index contributed by atoms with van der Waals surface area (Å²) in [5, 5.41) is 4.93. The normalized spacial score (nSPS) is 14.8. The van der Waals surface area contributed by atoms with Crippen molar-refractivity contribution in [2.45, 2.75) is 39.0 Å². The van der Waals surface area contributed by atoms with Gasteiger partial charge in [-0.15, -0.1) is 0 Å². The molecule has 0 amide bonds. The Balaban J connectivity index is 1.88. The second-order valence-corrected chi connectivity index (χ2v) is 9.07. The van der Waals surface area contributed by atoms with Gasteiger partial charge in [-0.3, -0.25) is 4.98 Å². The summed E-state index contributed by atoms with van der Waals surface area (Å²) in [5.41, 5.74) is 7.93. The Morgan fingerprint density at radius 2 is 1.66 bits per heavy atom. The van der Waals surface area contributed by atoms with E-state index in [0.29, 0.717) is 5.92 Å². The molecule has 5 aromatic rings. The van der Waals surface area contributed by atoms with Gasteiger partial charge in [-0.2, -0.15) is 0 Å². The quantitative estimate of drug-likeness (QED) is 0.301. The predicted octanol–water partition coefficient (Wildman–Crippen LogP) is 7.56. The Morgan fingerprint density at radius 1 is 0.897 bits per heavy atom. The van der Waals surface area contributed by atoms with Crippen molar-refractivity contribution < 1.29 is 4.42 Å². The lowest BCUT2D eigenvalue weighted by Gasteiger charge is -2.29. The first-order valence-corrected chi connectivity index (χ1v) is 10.3. The molecule has 0 saturated carbocycles. The van der Waals surface area contributed by atoms with Crippen molar-refractivity contribution in [1.29, 1.82) is 0 Å². The maximum absolute atomic E-state index is 6.23. The zero-order chi connectivity index (χ0) is 19.9. The van der Waals surface area contributed by atoms with Crippen LogP contribution in [0.25, 0.3) is 44.0 Å². The minimum Gasteiger partial charge on any atom is -0.456 e. The van der Waals surface area contributed by atoms with E-state index >= 15 is 0 Å². The van der Waals surface area contributed by atoms with Crippen molar-refractivity contribution in [2.24, 2.45) is 0 Å². The van der Waals surface area contributed by atoms with E-state index < -0.39 is 0 Å². The third-order valence-electron chi connectivity index (χ3n) is 6.66. The van der Waals surface area contributed by atoms with Crippen LogP contribution >= 0.6 is 0 Å². The summed E-state index contributed by atoms with van der Waals surface area (Å²) >= 11 is 0. The van der Waals surface area contributed by atoms with E-state index in [4.69, 9.17) is 9.40 Å². The lowest BCUT2D eigenvalue weighted by atomic mass is 9.74. The van der Waals surface area contributed by atoms with Crippen LogP contribution in [-0.2, 0) is 5.41 Å². The summed E-state index contributed by atoms with van der Waals surface area (Å²) in [6, 6.07) is 19.6. The van der Waals surface area contributed by atoms with Crippen LogP contribution in [0.2, 0.25) is 0 Å². The molecule has 0 radical (unpaired) electrons. The van der Waals surface area contributed by atoms with Gasteiger partial charge in [0.05, 0.1) is 5.69 Å². The van der Waals surface area contributed by atoms with Gasteiger partial charge in [-0.1, -0.05) is 70.2 Å². The summed E-state index contributed by atoms with van der Waals surface area (Å²) in [6.07, 6.45) is 2.03. The molecule has 0 N–H and O–H groups in total. The highest BCUT2D eigenvalue weighted by Crippen LogP contribution is 2.50. The lowest BCUT2D eigenvalue weighted by Crippen LogP contribution is -2.20. The van der Waals surface area contributed by atoms with Gasteiger partial charge in [0, 0.05) is 33.3 Å². The second-order valence-electron chi connectivity index (χ2n) is 9.07. The number of pyridine rings is 1. The highest BCUT2D eigenvalue weighted by atomic mass is 16.3. The van der Waals surface area contributed by atoms with Gasteiger partial charge in [-0.25, -0.2) is 0 Å². The molecule has 6 rings (SSSR count). The van der Waals surface area contributed by atoms with Crippen LogP contribution in [0.5, 0.6) is 0 Å². The van der Waals surface area contributed by atoms with Gasteiger partial charge in [0.15, 0.2) is 0 Å². The maximum Gasteiger partial charge on any atom is 0.136 e. The summed E-state index contributed by atoms with van der Waals surface area (Å²) in [5.74, 6) is 0.488. The Morgan fingerprint density at radius 3 is 2.45 bits per heavy atom. The Hall–Kier alpha value is -3.13. The van der Waals surface area contributed by atoms with Gasteiger partial charge in [-0.05, 0) is 40.1 Å². The molecule has 0 aliphatic heterocycles.